The third kappa shape index (κ3) is 3.58. The van der Waals surface area contributed by atoms with Crippen LogP contribution in [0.2, 0.25) is 0 Å². The topological polar surface area (TPSA) is 48.1 Å². The largest absolute Gasteiger partial charge is 0.439 e. The van der Waals surface area contributed by atoms with Gasteiger partial charge in [-0.1, -0.05) is 32.9 Å². The van der Waals surface area contributed by atoms with Gasteiger partial charge in [0.15, 0.2) is 0 Å². The van der Waals surface area contributed by atoms with Gasteiger partial charge in [-0.2, -0.15) is 0 Å². The highest BCUT2D eigenvalue weighted by molar-refractivity contribution is 5.34. The molecule has 3 heteroatoms. The average molecular weight is 270 g/mol. The predicted molar refractivity (Wildman–Crippen MR) is 82.1 cm³/mol. The Hall–Kier alpha value is -1.87. The summed E-state index contributed by atoms with van der Waals surface area (Å²) in [6, 6.07) is 11.9. The van der Waals surface area contributed by atoms with Gasteiger partial charge in [-0.05, 0) is 41.7 Å². The molecule has 0 radical (unpaired) electrons. The molecule has 0 aliphatic rings. The second-order valence-corrected chi connectivity index (χ2v) is 6.09. The zero-order valence-electron chi connectivity index (χ0n) is 12.6. The Morgan fingerprint density at radius 3 is 2.30 bits per heavy atom. The van der Waals surface area contributed by atoms with Crippen molar-refractivity contribution in [3.8, 4) is 11.6 Å². The molecule has 0 aliphatic heterocycles. The lowest BCUT2D eigenvalue weighted by Crippen LogP contribution is -2.10. The van der Waals surface area contributed by atoms with E-state index in [1.165, 1.54) is 5.56 Å². The van der Waals surface area contributed by atoms with Gasteiger partial charge in [0.05, 0.1) is 0 Å². The molecule has 2 rings (SSSR count). The van der Waals surface area contributed by atoms with Crippen LogP contribution in [0.15, 0.2) is 42.6 Å². The van der Waals surface area contributed by atoms with Crippen molar-refractivity contribution in [2.45, 2.75) is 39.2 Å². The lowest BCUT2D eigenvalue weighted by atomic mass is 9.87. The molecule has 0 saturated carbocycles. The van der Waals surface area contributed by atoms with E-state index in [0.29, 0.717) is 5.88 Å². The first-order valence-corrected chi connectivity index (χ1v) is 6.86. The molecule has 0 fully saturated rings. The van der Waals surface area contributed by atoms with Crippen LogP contribution in [-0.4, -0.2) is 4.98 Å². The third-order valence-electron chi connectivity index (χ3n) is 3.23. The SMILES string of the molecule is C[C@@H](N)c1ccnc(Oc2ccc(C(C)(C)C)cc2)c1. The Balaban J connectivity index is 2.16. The highest BCUT2D eigenvalue weighted by Crippen LogP contribution is 2.26. The van der Waals surface area contributed by atoms with Gasteiger partial charge in [0, 0.05) is 18.3 Å². The van der Waals surface area contributed by atoms with Gasteiger partial charge in [0.1, 0.15) is 5.75 Å². The number of nitrogens with zero attached hydrogens (tertiary/aromatic N) is 1. The molecule has 0 bridgehead atoms. The standard InChI is InChI=1S/C17H22N2O/c1-12(18)13-9-10-19-16(11-13)20-15-7-5-14(6-8-15)17(2,3)4/h5-12H,18H2,1-4H3/t12-/m1/s1. The van der Waals surface area contributed by atoms with Crippen molar-refractivity contribution in [3.05, 3.63) is 53.7 Å². The van der Waals surface area contributed by atoms with Gasteiger partial charge >= 0.3 is 0 Å². The van der Waals surface area contributed by atoms with Gasteiger partial charge in [0.25, 0.3) is 0 Å². The number of benzene rings is 1. The van der Waals surface area contributed by atoms with E-state index < -0.39 is 0 Å². The molecule has 0 aliphatic carbocycles. The minimum absolute atomic E-state index is 0.0244. The maximum Gasteiger partial charge on any atom is 0.219 e. The van der Waals surface area contributed by atoms with E-state index in [4.69, 9.17) is 10.5 Å². The smallest absolute Gasteiger partial charge is 0.219 e. The zero-order valence-corrected chi connectivity index (χ0v) is 12.6. The van der Waals surface area contributed by atoms with Crippen molar-refractivity contribution in [2.24, 2.45) is 5.73 Å². The van der Waals surface area contributed by atoms with E-state index in [1.54, 1.807) is 6.20 Å². The fourth-order valence-corrected chi connectivity index (χ4v) is 1.91. The van der Waals surface area contributed by atoms with Crippen molar-refractivity contribution in [2.75, 3.05) is 0 Å². The summed E-state index contributed by atoms with van der Waals surface area (Å²) in [6.07, 6.45) is 1.72. The summed E-state index contributed by atoms with van der Waals surface area (Å²) in [5.74, 6) is 1.36. The highest BCUT2D eigenvalue weighted by Gasteiger charge is 2.13. The van der Waals surface area contributed by atoms with E-state index in [-0.39, 0.29) is 11.5 Å². The minimum atomic E-state index is -0.0244. The van der Waals surface area contributed by atoms with Gasteiger partial charge in [-0.25, -0.2) is 4.98 Å². The van der Waals surface area contributed by atoms with E-state index >= 15 is 0 Å². The molecule has 106 valence electrons. The Morgan fingerprint density at radius 1 is 1.10 bits per heavy atom. The molecule has 0 spiro atoms. The maximum absolute atomic E-state index is 5.86. The fraction of sp³-hybridized carbons (Fsp3) is 0.353. The summed E-state index contributed by atoms with van der Waals surface area (Å²) < 4.78 is 5.77. The van der Waals surface area contributed by atoms with Crippen LogP contribution in [0.1, 0.15) is 44.9 Å². The first-order valence-electron chi connectivity index (χ1n) is 6.86. The molecule has 1 heterocycles. The van der Waals surface area contributed by atoms with Crippen LogP contribution in [0.25, 0.3) is 0 Å². The minimum Gasteiger partial charge on any atom is -0.439 e. The van der Waals surface area contributed by atoms with E-state index in [2.05, 4.69) is 37.9 Å². The summed E-state index contributed by atoms with van der Waals surface area (Å²) in [4.78, 5) is 4.21. The maximum atomic E-state index is 5.86. The quantitative estimate of drug-likeness (QED) is 0.909. The summed E-state index contributed by atoms with van der Waals surface area (Å²) in [5, 5.41) is 0. The zero-order chi connectivity index (χ0) is 14.8. The number of hydrogen-bond acceptors (Lipinski definition) is 3. The highest BCUT2D eigenvalue weighted by atomic mass is 16.5. The van der Waals surface area contributed by atoms with Crippen molar-refractivity contribution in [3.63, 3.8) is 0 Å². The fourth-order valence-electron chi connectivity index (χ4n) is 1.91. The predicted octanol–water partition coefficient (Wildman–Crippen LogP) is 4.19. The molecule has 20 heavy (non-hydrogen) atoms. The normalized spacial score (nSPS) is 13.1. The van der Waals surface area contributed by atoms with Crippen molar-refractivity contribution >= 4 is 0 Å². The van der Waals surface area contributed by atoms with Gasteiger partial charge in [0.2, 0.25) is 5.88 Å². The summed E-state index contributed by atoms with van der Waals surface area (Å²) in [7, 11) is 0. The second kappa shape index (κ2) is 5.63. The third-order valence-corrected chi connectivity index (χ3v) is 3.23. The van der Waals surface area contributed by atoms with Crippen LogP contribution in [0, 0.1) is 0 Å². The van der Waals surface area contributed by atoms with Crippen LogP contribution < -0.4 is 10.5 Å². The first kappa shape index (κ1) is 14.5. The number of ether oxygens (including phenoxy) is 1. The number of rotatable bonds is 3. The first-order chi connectivity index (χ1) is 9.36. The van der Waals surface area contributed by atoms with Crippen LogP contribution in [0.5, 0.6) is 11.6 Å². The number of pyridine rings is 1. The van der Waals surface area contributed by atoms with E-state index in [1.807, 2.05) is 31.2 Å². The van der Waals surface area contributed by atoms with Gasteiger partial charge in [-0.3, -0.25) is 0 Å². The number of aromatic nitrogens is 1. The number of nitrogens with two attached hydrogens (primary N) is 1. The van der Waals surface area contributed by atoms with Crippen LogP contribution in [-0.2, 0) is 5.41 Å². The number of hydrogen-bond donors (Lipinski definition) is 1. The molecular formula is C17H22N2O. The molecular weight excluding hydrogens is 248 g/mol. The van der Waals surface area contributed by atoms with Crippen molar-refractivity contribution < 1.29 is 4.74 Å². The molecule has 1 aromatic heterocycles. The Bertz CT molecular complexity index is 568. The molecule has 3 nitrogen and oxygen atoms in total. The molecule has 1 atom stereocenters. The molecule has 1 aromatic carbocycles. The lowest BCUT2D eigenvalue weighted by molar-refractivity contribution is 0.460. The van der Waals surface area contributed by atoms with Gasteiger partial charge in [-0.15, -0.1) is 0 Å². The molecule has 2 aromatic rings. The summed E-state index contributed by atoms with van der Waals surface area (Å²) in [6.45, 7) is 8.51. The average Bonchev–Trinajstić information content (AvgIpc) is 2.38. The van der Waals surface area contributed by atoms with Crippen LogP contribution in [0.3, 0.4) is 0 Å². The van der Waals surface area contributed by atoms with Gasteiger partial charge < -0.3 is 10.5 Å². The van der Waals surface area contributed by atoms with Crippen molar-refractivity contribution in [1.29, 1.82) is 0 Å². The van der Waals surface area contributed by atoms with E-state index in [0.717, 1.165) is 11.3 Å². The Labute approximate surface area is 120 Å². The lowest BCUT2D eigenvalue weighted by Gasteiger charge is -2.19. The molecule has 2 N–H and O–H groups in total. The van der Waals surface area contributed by atoms with E-state index in [9.17, 15) is 0 Å². The monoisotopic (exact) mass is 270 g/mol. The van der Waals surface area contributed by atoms with Crippen molar-refractivity contribution in [1.82, 2.24) is 4.98 Å². The second-order valence-electron chi connectivity index (χ2n) is 6.09. The Morgan fingerprint density at radius 2 is 1.75 bits per heavy atom. The van der Waals surface area contributed by atoms with Crippen LogP contribution >= 0.6 is 0 Å². The molecule has 0 unspecified atom stereocenters. The molecule has 0 saturated heterocycles. The summed E-state index contributed by atoms with van der Waals surface area (Å²) in [5.41, 5.74) is 8.30. The Kier molecular flexibility index (Phi) is 4.09. The van der Waals surface area contributed by atoms with Crippen LogP contribution in [0.4, 0.5) is 0 Å². The molecule has 0 amide bonds. The summed E-state index contributed by atoms with van der Waals surface area (Å²) >= 11 is 0.